The fourth-order valence-electron chi connectivity index (χ4n) is 4.52. The number of benzene rings is 2. The maximum absolute atomic E-state index is 13.1. The fourth-order valence-corrected chi connectivity index (χ4v) is 4.52. The number of hydrogen-bond acceptors (Lipinski definition) is 7. The molecule has 3 aromatic rings. The predicted octanol–water partition coefficient (Wildman–Crippen LogP) is 4.67. The smallest absolute Gasteiger partial charge is 0.371 e. The van der Waals surface area contributed by atoms with Crippen LogP contribution in [0.1, 0.15) is 42.5 Å². The monoisotopic (exact) mass is 472 g/mol. The Hall–Kier alpha value is -4.40. The normalized spacial score (nSPS) is 17.6. The van der Waals surface area contributed by atoms with Crippen LogP contribution in [-0.2, 0) is 17.6 Å². The number of carbonyl (C=O) groups excluding carboxylic acids is 1. The number of aromatic carboxylic acids is 1. The van der Waals surface area contributed by atoms with Gasteiger partial charge < -0.3 is 14.6 Å². The molecule has 178 valence electrons. The van der Waals surface area contributed by atoms with Crippen LogP contribution in [0, 0.1) is 5.41 Å². The number of carbonyl (C=O) groups is 2. The van der Waals surface area contributed by atoms with Crippen LogP contribution in [0.2, 0.25) is 0 Å². The molecule has 0 saturated carbocycles. The molecule has 1 aliphatic heterocycles. The number of rotatable bonds is 5. The minimum atomic E-state index is -1.21. The number of amides is 1. The summed E-state index contributed by atoms with van der Waals surface area (Å²) < 4.78 is 5.28. The van der Waals surface area contributed by atoms with E-state index >= 15 is 0 Å². The van der Waals surface area contributed by atoms with E-state index in [2.05, 4.69) is 35.5 Å². The number of fused-ring (bicyclic) bond motifs is 1. The van der Waals surface area contributed by atoms with Crippen molar-refractivity contribution in [2.45, 2.75) is 33.6 Å². The first-order valence-electron chi connectivity index (χ1n) is 11.1. The molecule has 0 unspecified atom stereocenters. The zero-order valence-corrected chi connectivity index (χ0v) is 19.5. The van der Waals surface area contributed by atoms with Crippen LogP contribution in [0.5, 0.6) is 5.75 Å². The highest BCUT2D eigenvalue weighted by Crippen LogP contribution is 2.39. The van der Waals surface area contributed by atoms with E-state index < -0.39 is 5.97 Å². The topological polar surface area (TPSA) is 128 Å². The van der Waals surface area contributed by atoms with Crippen LogP contribution in [0.15, 0.2) is 63.2 Å². The maximum atomic E-state index is 13.1. The van der Waals surface area contributed by atoms with Gasteiger partial charge in [0.05, 0.1) is 22.6 Å². The minimum Gasteiger partial charge on any atom is -0.505 e. The molecular weight excluding hydrogens is 448 g/mol. The van der Waals surface area contributed by atoms with Gasteiger partial charge in [0.1, 0.15) is 5.76 Å². The summed E-state index contributed by atoms with van der Waals surface area (Å²) in [6, 6.07) is 13.5. The van der Waals surface area contributed by atoms with Crippen molar-refractivity contribution in [2.75, 3.05) is 10.4 Å². The van der Waals surface area contributed by atoms with E-state index in [1.165, 1.54) is 28.3 Å². The van der Waals surface area contributed by atoms with Gasteiger partial charge in [-0.2, -0.15) is 15.2 Å². The molecule has 0 spiro atoms. The van der Waals surface area contributed by atoms with E-state index in [9.17, 15) is 14.7 Å². The number of hydrogen-bond donors (Lipinski definition) is 3. The van der Waals surface area contributed by atoms with Crippen molar-refractivity contribution < 1.29 is 24.2 Å². The maximum Gasteiger partial charge on any atom is 0.371 e. The molecule has 2 heterocycles. The van der Waals surface area contributed by atoms with E-state index in [1.807, 2.05) is 12.1 Å². The number of hydrazone groups is 2. The van der Waals surface area contributed by atoms with Gasteiger partial charge in [-0.3, -0.25) is 10.2 Å². The molecule has 9 nitrogen and oxygen atoms in total. The quantitative estimate of drug-likeness (QED) is 0.366. The van der Waals surface area contributed by atoms with Crippen molar-refractivity contribution in [1.29, 1.82) is 0 Å². The van der Waals surface area contributed by atoms with Gasteiger partial charge in [0, 0.05) is 0 Å². The Labute approximate surface area is 201 Å². The predicted molar refractivity (Wildman–Crippen MR) is 132 cm³/mol. The summed E-state index contributed by atoms with van der Waals surface area (Å²) >= 11 is 0. The second-order valence-corrected chi connectivity index (χ2v) is 9.52. The standard InChI is InChI=1S/C26H24N4O5/c1-14-22(24(32)30(29-14)17-8-7-15-12-26(2,3)13-16(15)11-17)28-27-19-6-4-5-18(23(19)31)20-9-10-21(35-20)25(33)34/h4-11,27,31H,12-13H2,1-3H3,(H,33,34). The molecule has 35 heavy (non-hydrogen) atoms. The lowest BCUT2D eigenvalue weighted by atomic mass is 9.90. The summed E-state index contributed by atoms with van der Waals surface area (Å²) in [5.74, 6) is -1.82. The van der Waals surface area contributed by atoms with E-state index in [0.29, 0.717) is 11.4 Å². The Kier molecular flexibility index (Phi) is 5.20. The molecule has 0 saturated heterocycles. The van der Waals surface area contributed by atoms with Crippen LogP contribution < -0.4 is 10.4 Å². The summed E-state index contributed by atoms with van der Waals surface area (Å²) in [6.07, 6.45) is 1.95. The third kappa shape index (κ3) is 4.05. The average molecular weight is 473 g/mol. The molecule has 0 atom stereocenters. The largest absolute Gasteiger partial charge is 0.505 e. The first-order valence-corrected chi connectivity index (χ1v) is 11.1. The number of furan rings is 1. The second-order valence-electron chi connectivity index (χ2n) is 9.52. The van der Waals surface area contributed by atoms with Crippen LogP contribution in [0.4, 0.5) is 11.4 Å². The van der Waals surface area contributed by atoms with E-state index in [0.717, 1.165) is 12.8 Å². The molecule has 3 N–H and O–H groups in total. The Balaban J connectivity index is 1.38. The third-order valence-electron chi connectivity index (χ3n) is 6.17. The number of anilines is 2. The zero-order valence-electron chi connectivity index (χ0n) is 19.5. The van der Waals surface area contributed by atoms with Crippen LogP contribution >= 0.6 is 0 Å². The highest BCUT2D eigenvalue weighted by Gasteiger charge is 2.33. The second kappa shape index (κ2) is 8.12. The van der Waals surface area contributed by atoms with Gasteiger partial charge in [0.2, 0.25) is 5.76 Å². The molecule has 1 aromatic heterocycles. The Morgan fingerprint density at radius 2 is 1.91 bits per heavy atom. The summed E-state index contributed by atoms with van der Waals surface area (Å²) in [7, 11) is 0. The minimum absolute atomic E-state index is 0.127. The summed E-state index contributed by atoms with van der Waals surface area (Å²) in [6.45, 7) is 6.16. The lowest BCUT2D eigenvalue weighted by Crippen LogP contribution is -2.28. The molecule has 0 bridgehead atoms. The Morgan fingerprint density at radius 3 is 2.66 bits per heavy atom. The van der Waals surface area contributed by atoms with Crippen LogP contribution in [0.3, 0.4) is 0 Å². The number of aromatic hydroxyl groups is 1. The highest BCUT2D eigenvalue weighted by atomic mass is 16.4. The van der Waals surface area contributed by atoms with Gasteiger partial charge in [-0.05, 0) is 72.7 Å². The lowest BCUT2D eigenvalue weighted by molar-refractivity contribution is -0.112. The van der Waals surface area contributed by atoms with Crippen molar-refractivity contribution >= 4 is 34.7 Å². The van der Waals surface area contributed by atoms with Gasteiger partial charge in [-0.25, -0.2) is 4.79 Å². The average Bonchev–Trinajstić information content (AvgIpc) is 3.48. The van der Waals surface area contributed by atoms with Crippen molar-refractivity contribution in [3.05, 3.63) is 65.4 Å². The van der Waals surface area contributed by atoms with E-state index in [4.69, 9.17) is 9.52 Å². The summed E-state index contributed by atoms with van der Waals surface area (Å²) in [4.78, 5) is 24.2. The number of nitrogens with zero attached hydrogens (tertiary/aromatic N) is 3. The Morgan fingerprint density at radius 1 is 1.14 bits per heavy atom. The molecule has 1 amide bonds. The van der Waals surface area contributed by atoms with Gasteiger partial charge in [-0.1, -0.05) is 26.0 Å². The molecule has 1 aliphatic carbocycles. The number of para-hydroxylation sites is 1. The first kappa shape index (κ1) is 22.4. The van der Waals surface area contributed by atoms with Gasteiger partial charge >= 0.3 is 11.9 Å². The van der Waals surface area contributed by atoms with Crippen molar-refractivity contribution in [2.24, 2.45) is 15.6 Å². The molecule has 0 fully saturated rings. The Bertz CT molecular complexity index is 1430. The number of phenolic OH excluding ortho intramolecular Hbond substituents is 1. The summed E-state index contributed by atoms with van der Waals surface area (Å²) in [5.41, 5.74) is 7.22. The van der Waals surface area contributed by atoms with E-state index in [1.54, 1.807) is 25.1 Å². The van der Waals surface area contributed by atoms with Crippen LogP contribution in [-0.4, -0.2) is 33.5 Å². The summed E-state index contributed by atoms with van der Waals surface area (Å²) in [5, 5.41) is 29.7. The number of phenols is 1. The molecule has 5 rings (SSSR count). The molecule has 2 aliphatic rings. The molecule has 9 heteroatoms. The molecule has 2 aromatic carbocycles. The number of carboxylic acid groups (broad SMARTS) is 1. The van der Waals surface area contributed by atoms with Gasteiger partial charge in [-0.15, -0.1) is 0 Å². The third-order valence-corrected chi connectivity index (χ3v) is 6.17. The first-order chi connectivity index (χ1) is 16.6. The van der Waals surface area contributed by atoms with Crippen molar-refractivity contribution in [3.63, 3.8) is 0 Å². The van der Waals surface area contributed by atoms with E-state index in [-0.39, 0.29) is 45.6 Å². The fraction of sp³-hybridized carbons (Fsp3) is 0.231. The van der Waals surface area contributed by atoms with Gasteiger partial charge in [0.15, 0.2) is 11.5 Å². The molecular formula is C26H24N4O5. The molecule has 0 radical (unpaired) electrons. The van der Waals surface area contributed by atoms with Crippen molar-refractivity contribution in [1.82, 2.24) is 0 Å². The number of nitrogens with one attached hydrogen (secondary N) is 1. The number of carboxylic acids is 1. The van der Waals surface area contributed by atoms with Crippen molar-refractivity contribution in [3.8, 4) is 17.1 Å². The van der Waals surface area contributed by atoms with Crippen LogP contribution in [0.25, 0.3) is 11.3 Å². The SMILES string of the molecule is CC1=NN(c2ccc3c(c2)CC(C)(C)C3)C(=O)C1=NNc1cccc(-c2ccc(C(=O)O)o2)c1O. The highest BCUT2D eigenvalue weighted by molar-refractivity contribution is 6.71. The lowest BCUT2D eigenvalue weighted by Gasteiger charge is -2.15. The zero-order chi connectivity index (χ0) is 24.9. The van der Waals surface area contributed by atoms with Gasteiger partial charge in [0.25, 0.3) is 0 Å².